The number of hydrogen-bond donors (Lipinski definition) is 1. The van der Waals surface area contributed by atoms with Crippen LogP contribution in [0.4, 0.5) is 13.2 Å². The lowest BCUT2D eigenvalue weighted by Crippen LogP contribution is -2.14. The van der Waals surface area contributed by atoms with Crippen LogP contribution in [0.15, 0.2) is 28.1 Å². The molecule has 1 aromatic heterocycles. The zero-order chi connectivity index (χ0) is 12.6. The summed E-state index contributed by atoms with van der Waals surface area (Å²) in [7, 11) is 0. The molecule has 17 heavy (non-hydrogen) atoms. The van der Waals surface area contributed by atoms with Gasteiger partial charge in [-0.1, -0.05) is 6.07 Å². The van der Waals surface area contributed by atoms with Crippen LogP contribution in [0.25, 0.3) is 0 Å². The predicted molar refractivity (Wildman–Crippen MR) is 64.4 cm³/mol. The van der Waals surface area contributed by atoms with Crippen molar-refractivity contribution >= 4 is 27.3 Å². The van der Waals surface area contributed by atoms with Gasteiger partial charge in [-0.25, -0.2) is 13.2 Å². The molecule has 0 saturated heterocycles. The Morgan fingerprint density at radius 1 is 1.12 bits per heavy atom. The Kier molecular flexibility index (Phi) is 3.56. The van der Waals surface area contributed by atoms with Gasteiger partial charge in [0.1, 0.15) is 0 Å². The molecule has 90 valence electrons. The molecular weight excluding hydrogens is 315 g/mol. The Bertz CT molecular complexity index is 556. The van der Waals surface area contributed by atoms with Crippen LogP contribution < -0.4 is 5.73 Å². The summed E-state index contributed by atoms with van der Waals surface area (Å²) in [6, 6.07) is 2.97. The van der Waals surface area contributed by atoms with Crippen LogP contribution in [0.2, 0.25) is 0 Å². The maximum Gasteiger partial charge on any atom is 0.194 e. The van der Waals surface area contributed by atoms with E-state index < -0.39 is 23.5 Å². The molecule has 2 aromatic rings. The fourth-order valence-electron chi connectivity index (χ4n) is 1.45. The Balaban J connectivity index is 2.48. The van der Waals surface area contributed by atoms with E-state index in [2.05, 4.69) is 15.9 Å². The van der Waals surface area contributed by atoms with Gasteiger partial charge in [0.15, 0.2) is 17.5 Å². The highest BCUT2D eigenvalue weighted by molar-refractivity contribution is 9.10. The average Bonchev–Trinajstić information content (AvgIpc) is 2.72. The van der Waals surface area contributed by atoms with E-state index >= 15 is 0 Å². The quantitative estimate of drug-likeness (QED) is 0.832. The second-order valence-corrected chi connectivity index (χ2v) is 5.18. The molecule has 0 bridgehead atoms. The summed E-state index contributed by atoms with van der Waals surface area (Å²) in [5.74, 6) is -3.95. The van der Waals surface area contributed by atoms with Crippen molar-refractivity contribution < 1.29 is 13.2 Å². The van der Waals surface area contributed by atoms with Crippen LogP contribution >= 0.6 is 27.3 Å². The van der Waals surface area contributed by atoms with Gasteiger partial charge in [0, 0.05) is 14.9 Å². The standard InChI is InChI=1S/C11H7BrF3NS/c12-6-3-4-17-11(6)10(16)5-1-2-7(13)9(15)8(5)14/h1-4,10H,16H2. The van der Waals surface area contributed by atoms with Crippen molar-refractivity contribution in [1.29, 1.82) is 0 Å². The molecule has 0 fully saturated rings. The van der Waals surface area contributed by atoms with Gasteiger partial charge in [0.2, 0.25) is 0 Å². The molecule has 1 aromatic carbocycles. The first-order valence-electron chi connectivity index (χ1n) is 4.64. The number of halogens is 4. The van der Waals surface area contributed by atoms with Crippen LogP contribution in [-0.2, 0) is 0 Å². The van der Waals surface area contributed by atoms with Crippen LogP contribution in [0.5, 0.6) is 0 Å². The lowest BCUT2D eigenvalue weighted by atomic mass is 10.1. The lowest BCUT2D eigenvalue weighted by Gasteiger charge is -2.12. The monoisotopic (exact) mass is 321 g/mol. The largest absolute Gasteiger partial charge is 0.319 e. The first-order valence-corrected chi connectivity index (χ1v) is 6.31. The smallest absolute Gasteiger partial charge is 0.194 e. The second kappa shape index (κ2) is 4.80. The number of nitrogens with two attached hydrogens (primary N) is 1. The zero-order valence-electron chi connectivity index (χ0n) is 8.38. The normalized spacial score (nSPS) is 12.8. The molecule has 0 saturated carbocycles. The van der Waals surface area contributed by atoms with Gasteiger partial charge in [-0.3, -0.25) is 0 Å². The summed E-state index contributed by atoms with van der Waals surface area (Å²) in [6.45, 7) is 0. The zero-order valence-corrected chi connectivity index (χ0v) is 10.8. The Morgan fingerprint density at radius 2 is 1.82 bits per heavy atom. The molecule has 0 radical (unpaired) electrons. The van der Waals surface area contributed by atoms with Crippen LogP contribution in [0, 0.1) is 17.5 Å². The van der Waals surface area contributed by atoms with Gasteiger partial charge in [0.25, 0.3) is 0 Å². The highest BCUT2D eigenvalue weighted by atomic mass is 79.9. The van der Waals surface area contributed by atoms with E-state index in [0.29, 0.717) is 4.88 Å². The van der Waals surface area contributed by atoms with Gasteiger partial charge >= 0.3 is 0 Å². The number of benzene rings is 1. The highest BCUT2D eigenvalue weighted by Gasteiger charge is 2.21. The molecule has 6 heteroatoms. The number of hydrogen-bond acceptors (Lipinski definition) is 2. The van der Waals surface area contributed by atoms with Gasteiger partial charge < -0.3 is 5.73 Å². The minimum atomic E-state index is -1.49. The van der Waals surface area contributed by atoms with Crippen molar-refractivity contribution in [2.45, 2.75) is 6.04 Å². The average molecular weight is 322 g/mol. The summed E-state index contributed by atoms with van der Waals surface area (Å²) in [5.41, 5.74) is 5.77. The van der Waals surface area contributed by atoms with Crippen molar-refractivity contribution in [3.8, 4) is 0 Å². The summed E-state index contributed by atoms with van der Waals surface area (Å²) in [5, 5.41) is 1.77. The minimum absolute atomic E-state index is 0.0629. The molecule has 0 aliphatic rings. The lowest BCUT2D eigenvalue weighted by molar-refractivity contribution is 0.439. The summed E-state index contributed by atoms with van der Waals surface area (Å²) in [6.07, 6.45) is 0. The molecular formula is C11H7BrF3NS. The molecule has 1 unspecified atom stereocenters. The second-order valence-electron chi connectivity index (χ2n) is 3.38. The van der Waals surface area contributed by atoms with Gasteiger partial charge in [-0.15, -0.1) is 11.3 Å². The van der Waals surface area contributed by atoms with Crippen molar-refractivity contribution in [2.24, 2.45) is 5.73 Å². The topological polar surface area (TPSA) is 26.0 Å². The van der Waals surface area contributed by atoms with Crippen molar-refractivity contribution in [3.63, 3.8) is 0 Å². The molecule has 2 rings (SSSR count). The first kappa shape index (κ1) is 12.6. The molecule has 0 spiro atoms. The van der Waals surface area contributed by atoms with Crippen LogP contribution in [0.3, 0.4) is 0 Å². The summed E-state index contributed by atoms with van der Waals surface area (Å²) < 4.78 is 40.1. The molecule has 0 aliphatic heterocycles. The molecule has 1 heterocycles. The molecule has 1 atom stereocenters. The van der Waals surface area contributed by atoms with Crippen LogP contribution in [0.1, 0.15) is 16.5 Å². The molecule has 2 N–H and O–H groups in total. The Hall–Kier alpha value is -0.850. The molecule has 0 amide bonds. The molecule has 0 aliphatic carbocycles. The third kappa shape index (κ3) is 2.25. The fraction of sp³-hybridized carbons (Fsp3) is 0.0909. The third-order valence-electron chi connectivity index (χ3n) is 2.33. The highest BCUT2D eigenvalue weighted by Crippen LogP contribution is 2.33. The summed E-state index contributed by atoms with van der Waals surface area (Å²) in [4.78, 5) is 0.662. The van der Waals surface area contributed by atoms with E-state index in [1.165, 1.54) is 11.3 Å². The third-order valence-corrected chi connectivity index (χ3v) is 4.28. The Labute approximate surface area is 108 Å². The van der Waals surface area contributed by atoms with E-state index in [9.17, 15) is 13.2 Å². The first-order chi connectivity index (χ1) is 8.02. The van der Waals surface area contributed by atoms with Gasteiger partial charge in [-0.05, 0) is 33.4 Å². The summed E-state index contributed by atoms with van der Waals surface area (Å²) >= 11 is 4.58. The maximum absolute atomic E-state index is 13.5. The van der Waals surface area contributed by atoms with Gasteiger partial charge in [0.05, 0.1) is 6.04 Å². The van der Waals surface area contributed by atoms with Gasteiger partial charge in [-0.2, -0.15) is 0 Å². The van der Waals surface area contributed by atoms with E-state index in [-0.39, 0.29) is 5.56 Å². The number of thiophene rings is 1. The van der Waals surface area contributed by atoms with E-state index in [0.717, 1.165) is 16.6 Å². The van der Waals surface area contributed by atoms with E-state index in [1.54, 1.807) is 11.4 Å². The fourth-order valence-corrected chi connectivity index (χ4v) is 3.09. The van der Waals surface area contributed by atoms with E-state index in [4.69, 9.17) is 5.73 Å². The SMILES string of the molecule is NC(c1ccc(F)c(F)c1F)c1sccc1Br. The maximum atomic E-state index is 13.5. The Morgan fingerprint density at radius 3 is 2.41 bits per heavy atom. The van der Waals surface area contributed by atoms with Crippen molar-refractivity contribution in [3.05, 3.63) is 55.9 Å². The van der Waals surface area contributed by atoms with Crippen LogP contribution in [-0.4, -0.2) is 0 Å². The van der Waals surface area contributed by atoms with E-state index in [1.807, 2.05) is 0 Å². The van der Waals surface area contributed by atoms with Crippen molar-refractivity contribution in [1.82, 2.24) is 0 Å². The predicted octanol–water partition coefficient (Wildman–Crippen LogP) is 3.98. The number of rotatable bonds is 2. The minimum Gasteiger partial charge on any atom is -0.319 e. The molecule has 1 nitrogen and oxygen atoms in total. The van der Waals surface area contributed by atoms with Crippen molar-refractivity contribution in [2.75, 3.05) is 0 Å².